The fourth-order valence-electron chi connectivity index (χ4n) is 7.81. The van der Waals surface area contributed by atoms with Crippen LogP contribution >= 0.6 is 0 Å². The van der Waals surface area contributed by atoms with Crippen molar-refractivity contribution in [1.82, 2.24) is 20.1 Å². The van der Waals surface area contributed by atoms with Crippen LogP contribution in [-0.2, 0) is 32.8 Å². The highest BCUT2D eigenvalue weighted by Crippen LogP contribution is 2.46. The highest BCUT2D eigenvalue weighted by molar-refractivity contribution is 7.92. The molecule has 0 radical (unpaired) electrons. The Morgan fingerprint density at radius 2 is 1.70 bits per heavy atom. The van der Waals surface area contributed by atoms with Crippen molar-refractivity contribution in [3.8, 4) is 17.0 Å². The smallest absolute Gasteiger partial charge is 0.416 e. The van der Waals surface area contributed by atoms with Crippen LogP contribution in [0.15, 0.2) is 71.6 Å². The summed E-state index contributed by atoms with van der Waals surface area (Å²) < 4.78 is 81.5. The van der Waals surface area contributed by atoms with Crippen molar-refractivity contribution in [2.24, 2.45) is 0 Å². The number of nitrogens with zero attached hydrogens (tertiary/aromatic N) is 3. The molecule has 0 atom stereocenters. The number of hydrogen-bond acceptors (Lipinski definition) is 8. The molecular formula is C41H47F3N4O5S. The van der Waals surface area contributed by atoms with E-state index in [1.54, 1.807) is 26.8 Å². The van der Waals surface area contributed by atoms with E-state index in [-0.39, 0.29) is 46.1 Å². The second kappa shape index (κ2) is 15.2. The van der Waals surface area contributed by atoms with Crippen molar-refractivity contribution < 1.29 is 35.9 Å². The fourth-order valence-corrected chi connectivity index (χ4v) is 9.00. The molecule has 7 rings (SSSR count). The predicted molar refractivity (Wildman–Crippen MR) is 201 cm³/mol. The van der Waals surface area contributed by atoms with Crippen LogP contribution in [0.2, 0.25) is 0 Å². The zero-order valence-corrected chi connectivity index (χ0v) is 31.7. The number of likely N-dealkylation sites (tertiary alicyclic amines) is 1. The van der Waals surface area contributed by atoms with Crippen LogP contribution in [0.3, 0.4) is 0 Å². The van der Waals surface area contributed by atoms with Gasteiger partial charge in [0.05, 0.1) is 52.9 Å². The van der Waals surface area contributed by atoms with Gasteiger partial charge in [0.1, 0.15) is 10.6 Å². The molecule has 2 aliphatic heterocycles. The Morgan fingerprint density at radius 1 is 1.00 bits per heavy atom. The molecular weight excluding hydrogens is 718 g/mol. The van der Waals surface area contributed by atoms with Crippen LogP contribution < -0.4 is 10.1 Å². The summed E-state index contributed by atoms with van der Waals surface area (Å²) in [4.78, 5) is 24.6. The number of hydrogen-bond donors (Lipinski definition) is 1. The summed E-state index contributed by atoms with van der Waals surface area (Å²) in [5.41, 5.74) is 0.829. The largest absolute Gasteiger partial charge is 0.492 e. The van der Waals surface area contributed by atoms with Gasteiger partial charge in [-0.15, -0.1) is 0 Å². The number of piperidine rings is 1. The van der Waals surface area contributed by atoms with Crippen molar-refractivity contribution >= 4 is 26.6 Å². The second-order valence-corrected chi connectivity index (χ2v) is 17.3. The molecule has 1 aromatic heterocycles. The third kappa shape index (κ3) is 7.73. The zero-order chi connectivity index (χ0) is 38.3. The van der Waals surface area contributed by atoms with Crippen LogP contribution in [-0.4, -0.2) is 86.4 Å². The van der Waals surface area contributed by atoms with E-state index in [1.807, 2.05) is 30.3 Å². The molecule has 0 spiro atoms. The number of aromatic nitrogens is 1. The predicted octanol–water partition coefficient (Wildman–Crippen LogP) is 7.22. The number of ether oxygens (including phenoxy) is 2. The van der Waals surface area contributed by atoms with Gasteiger partial charge in [-0.2, -0.15) is 13.2 Å². The SMILES string of the molecule is CCOc1cc2nc(-c3cccc(C(F)(F)F)c3)c(CN3CCC(N4CCOCC4)CC3)c(C(=O)NC3(c4ccccc4)CC3)c2cc1S(=O)(=O)C(C)C. The summed E-state index contributed by atoms with van der Waals surface area (Å²) in [6.45, 7) is 9.85. The fraction of sp³-hybridized carbons (Fsp3) is 0.463. The molecule has 3 aromatic carbocycles. The summed E-state index contributed by atoms with van der Waals surface area (Å²) in [5, 5.41) is 2.80. The molecule has 2 saturated heterocycles. The molecule has 288 valence electrons. The van der Waals surface area contributed by atoms with Gasteiger partial charge in [-0.05, 0) is 83.3 Å². The average molecular weight is 765 g/mol. The maximum atomic E-state index is 15.0. The van der Waals surface area contributed by atoms with Crippen molar-refractivity contribution in [2.45, 2.75) is 80.9 Å². The van der Waals surface area contributed by atoms with Crippen LogP contribution in [0, 0.1) is 0 Å². The summed E-state index contributed by atoms with van der Waals surface area (Å²) in [6, 6.07) is 18.0. The van der Waals surface area contributed by atoms with E-state index in [4.69, 9.17) is 14.5 Å². The minimum Gasteiger partial charge on any atom is -0.492 e. The number of sulfone groups is 1. The number of fused-ring (bicyclic) bond motifs is 1. The molecule has 1 saturated carbocycles. The number of benzene rings is 3. The Morgan fingerprint density at radius 3 is 2.33 bits per heavy atom. The minimum absolute atomic E-state index is 0.0593. The van der Waals surface area contributed by atoms with E-state index >= 15 is 0 Å². The van der Waals surface area contributed by atoms with Gasteiger partial charge in [0, 0.05) is 48.3 Å². The van der Waals surface area contributed by atoms with E-state index < -0.39 is 38.3 Å². The highest BCUT2D eigenvalue weighted by Gasteiger charge is 2.46. The molecule has 0 unspecified atom stereocenters. The first-order valence-electron chi connectivity index (χ1n) is 18.8. The lowest BCUT2D eigenvalue weighted by Gasteiger charge is -2.40. The first-order valence-corrected chi connectivity index (χ1v) is 20.3. The van der Waals surface area contributed by atoms with Crippen molar-refractivity contribution in [2.75, 3.05) is 46.0 Å². The molecule has 3 aliphatic rings. The molecule has 3 heterocycles. The van der Waals surface area contributed by atoms with Gasteiger partial charge < -0.3 is 14.8 Å². The lowest BCUT2D eigenvalue weighted by molar-refractivity contribution is -0.137. The number of halogens is 3. The Bertz CT molecular complexity index is 2110. The van der Waals surface area contributed by atoms with Gasteiger partial charge >= 0.3 is 6.18 Å². The van der Waals surface area contributed by atoms with Gasteiger partial charge in [-0.25, -0.2) is 13.4 Å². The monoisotopic (exact) mass is 764 g/mol. The average Bonchev–Trinajstić information content (AvgIpc) is 3.95. The molecule has 1 N–H and O–H groups in total. The van der Waals surface area contributed by atoms with Crippen LogP contribution in [0.4, 0.5) is 13.2 Å². The van der Waals surface area contributed by atoms with Crippen molar-refractivity contribution in [3.63, 3.8) is 0 Å². The van der Waals surface area contributed by atoms with Crippen LogP contribution in [0.1, 0.15) is 73.5 Å². The second-order valence-electron chi connectivity index (χ2n) is 14.8. The topological polar surface area (TPSA) is 101 Å². The molecule has 54 heavy (non-hydrogen) atoms. The molecule has 0 bridgehead atoms. The molecule has 1 amide bonds. The summed E-state index contributed by atoms with van der Waals surface area (Å²) in [5.74, 6) is -0.360. The molecule has 4 aromatic rings. The van der Waals surface area contributed by atoms with E-state index in [9.17, 15) is 26.4 Å². The quantitative estimate of drug-likeness (QED) is 0.171. The number of morpholine rings is 1. The number of rotatable bonds is 11. The number of carbonyl (C=O) groups excluding carboxylic acids is 1. The third-order valence-electron chi connectivity index (χ3n) is 11.0. The van der Waals surface area contributed by atoms with E-state index in [1.165, 1.54) is 18.2 Å². The molecule has 13 heteroatoms. The maximum Gasteiger partial charge on any atom is 0.416 e. The van der Waals surface area contributed by atoms with Gasteiger partial charge in [0.15, 0.2) is 9.84 Å². The van der Waals surface area contributed by atoms with Crippen molar-refractivity contribution in [3.05, 3.63) is 89.0 Å². The van der Waals surface area contributed by atoms with Gasteiger partial charge in [-0.3, -0.25) is 14.6 Å². The van der Waals surface area contributed by atoms with E-state index in [2.05, 4.69) is 15.1 Å². The summed E-state index contributed by atoms with van der Waals surface area (Å²) >= 11 is 0. The first-order chi connectivity index (χ1) is 25.8. The summed E-state index contributed by atoms with van der Waals surface area (Å²) in [7, 11) is -3.90. The number of alkyl halides is 3. The lowest BCUT2D eigenvalue weighted by atomic mass is 9.93. The van der Waals surface area contributed by atoms with Gasteiger partial charge in [-0.1, -0.05) is 42.5 Å². The Hall–Kier alpha value is -4.04. The Kier molecular flexibility index (Phi) is 10.8. The molecule has 1 aliphatic carbocycles. The first kappa shape index (κ1) is 38.2. The van der Waals surface area contributed by atoms with E-state index in [0.717, 1.165) is 43.6 Å². The Balaban J connectivity index is 1.42. The highest BCUT2D eigenvalue weighted by atomic mass is 32.2. The third-order valence-corrected chi connectivity index (χ3v) is 13.2. The Labute approximate surface area is 314 Å². The minimum atomic E-state index is -4.61. The number of carbonyl (C=O) groups is 1. The molecule has 3 fully saturated rings. The van der Waals surface area contributed by atoms with Crippen LogP contribution in [0.25, 0.3) is 22.2 Å². The standard InChI is InChI=1S/C41H47F3N4O5S/c1-4-53-35-25-34-32(24-36(35)54(50,51)27(2)3)37(39(49)46-40(15-16-40)29-10-6-5-7-11-29)33(38(45-34)28-9-8-12-30(23-28)41(42,43)44)26-47-17-13-31(14-18-47)48-19-21-52-22-20-48/h5-12,23-25,27,31H,4,13-22,26H2,1-3H3,(H,46,49). The number of pyridine rings is 1. The lowest BCUT2D eigenvalue weighted by Crippen LogP contribution is -2.48. The van der Waals surface area contributed by atoms with Crippen LogP contribution in [0.5, 0.6) is 5.75 Å². The molecule has 9 nitrogen and oxygen atoms in total. The van der Waals surface area contributed by atoms with Crippen molar-refractivity contribution in [1.29, 1.82) is 0 Å². The summed E-state index contributed by atoms with van der Waals surface area (Å²) in [6.07, 6.45) is -1.43. The maximum absolute atomic E-state index is 15.0. The normalized spacial score (nSPS) is 18.6. The van der Waals surface area contributed by atoms with E-state index in [0.29, 0.717) is 56.1 Å². The number of amides is 1. The van der Waals surface area contributed by atoms with Gasteiger partial charge in [0.25, 0.3) is 5.91 Å². The zero-order valence-electron chi connectivity index (χ0n) is 30.9. The number of nitrogens with one attached hydrogen (secondary N) is 1. The van der Waals surface area contributed by atoms with Gasteiger partial charge in [0.2, 0.25) is 0 Å².